The molecule has 1 aromatic carbocycles. The molecule has 1 rings (SSSR count). The number of carbonyl (C=O) groups excluding carboxylic acids is 1. The van der Waals surface area contributed by atoms with E-state index >= 15 is 0 Å². The number of amides is 1. The molecule has 3 heteroatoms. The van der Waals surface area contributed by atoms with Crippen LogP contribution < -0.4 is 10.6 Å². The quantitative estimate of drug-likeness (QED) is 0.772. The Kier molecular flexibility index (Phi) is 3.51. The van der Waals surface area contributed by atoms with Gasteiger partial charge in [-0.3, -0.25) is 4.79 Å². The second-order valence-corrected chi connectivity index (χ2v) is 3.24. The predicted octanol–water partition coefficient (Wildman–Crippen LogP) is 2.39. The highest BCUT2D eigenvalue weighted by Gasteiger charge is 1.99. The predicted molar refractivity (Wildman–Crippen MR) is 59.6 cm³/mol. The van der Waals surface area contributed by atoms with E-state index in [2.05, 4.69) is 17.6 Å². The fourth-order valence-electron chi connectivity index (χ4n) is 1.33. The lowest BCUT2D eigenvalue weighted by atomic mass is 10.1. The normalized spacial score (nSPS) is 9.64. The molecule has 0 saturated heterocycles. The van der Waals surface area contributed by atoms with Gasteiger partial charge < -0.3 is 10.6 Å². The Morgan fingerprint density at radius 2 is 2.14 bits per heavy atom. The molecule has 0 aliphatic rings. The zero-order valence-electron chi connectivity index (χ0n) is 8.85. The smallest absolute Gasteiger partial charge is 0.221 e. The molecule has 0 aliphatic heterocycles. The minimum atomic E-state index is -0.0411. The van der Waals surface area contributed by atoms with Gasteiger partial charge in [0.05, 0.1) is 0 Å². The van der Waals surface area contributed by atoms with Crippen molar-refractivity contribution < 1.29 is 4.79 Å². The number of nitrogens with one attached hydrogen (secondary N) is 2. The molecule has 0 aromatic heterocycles. The van der Waals surface area contributed by atoms with Crippen LogP contribution in [0.25, 0.3) is 0 Å². The molecule has 0 aliphatic carbocycles. The number of hydrogen-bond acceptors (Lipinski definition) is 2. The van der Waals surface area contributed by atoms with Crippen molar-refractivity contribution in [1.29, 1.82) is 0 Å². The Morgan fingerprint density at radius 3 is 2.64 bits per heavy atom. The molecular formula is C11H16N2O. The zero-order valence-corrected chi connectivity index (χ0v) is 8.85. The summed E-state index contributed by atoms with van der Waals surface area (Å²) in [7, 11) is 0. The van der Waals surface area contributed by atoms with Crippen molar-refractivity contribution in [3.05, 3.63) is 23.8 Å². The summed E-state index contributed by atoms with van der Waals surface area (Å²) >= 11 is 0. The van der Waals surface area contributed by atoms with Gasteiger partial charge in [0.1, 0.15) is 0 Å². The highest BCUT2D eigenvalue weighted by molar-refractivity contribution is 5.89. The Morgan fingerprint density at radius 1 is 1.43 bits per heavy atom. The average Bonchev–Trinajstić information content (AvgIpc) is 2.09. The first-order valence-electron chi connectivity index (χ1n) is 4.75. The highest BCUT2D eigenvalue weighted by Crippen LogP contribution is 2.19. The monoisotopic (exact) mass is 192 g/mol. The second-order valence-electron chi connectivity index (χ2n) is 3.24. The van der Waals surface area contributed by atoms with Gasteiger partial charge in [0.25, 0.3) is 0 Å². The molecule has 0 spiro atoms. The number of carbonyl (C=O) groups is 1. The van der Waals surface area contributed by atoms with Crippen LogP contribution in [0.4, 0.5) is 11.4 Å². The van der Waals surface area contributed by atoms with E-state index in [0.717, 1.165) is 23.5 Å². The highest BCUT2D eigenvalue weighted by atomic mass is 16.1. The van der Waals surface area contributed by atoms with Crippen LogP contribution in [0.3, 0.4) is 0 Å². The van der Waals surface area contributed by atoms with Gasteiger partial charge in [-0.15, -0.1) is 0 Å². The van der Waals surface area contributed by atoms with Crippen LogP contribution in [0.1, 0.15) is 19.4 Å². The third kappa shape index (κ3) is 2.76. The molecule has 2 N–H and O–H groups in total. The number of hydrogen-bond donors (Lipinski definition) is 2. The van der Waals surface area contributed by atoms with Crippen molar-refractivity contribution in [2.75, 3.05) is 17.2 Å². The third-order valence-electron chi connectivity index (χ3n) is 1.91. The van der Waals surface area contributed by atoms with E-state index in [9.17, 15) is 4.79 Å². The Bertz CT molecular complexity index is 334. The minimum absolute atomic E-state index is 0.0411. The molecule has 0 saturated carbocycles. The topological polar surface area (TPSA) is 41.1 Å². The summed E-state index contributed by atoms with van der Waals surface area (Å²) in [5.41, 5.74) is 3.09. The first-order valence-corrected chi connectivity index (χ1v) is 4.75. The molecule has 0 bridgehead atoms. The van der Waals surface area contributed by atoms with Gasteiger partial charge in [-0.2, -0.15) is 0 Å². The molecule has 1 amide bonds. The maximum atomic E-state index is 10.8. The summed E-state index contributed by atoms with van der Waals surface area (Å²) in [6.07, 6.45) is 0. The molecule has 0 unspecified atom stereocenters. The van der Waals surface area contributed by atoms with Gasteiger partial charge >= 0.3 is 0 Å². The van der Waals surface area contributed by atoms with Crippen molar-refractivity contribution in [1.82, 2.24) is 0 Å². The SMILES string of the molecule is CCNc1ccc(NC(C)=O)cc1C. The maximum Gasteiger partial charge on any atom is 0.221 e. The van der Waals surface area contributed by atoms with E-state index < -0.39 is 0 Å². The number of benzene rings is 1. The van der Waals surface area contributed by atoms with Crippen LogP contribution >= 0.6 is 0 Å². The van der Waals surface area contributed by atoms with Gasteiger partial charge in [-0.05, 0) is 37.6 Å². The van der Waals surface area contributed by atoms with E-state index in [-0.39, 0.29) is 5.91 Å². The van der Waals surface area contributed by atoms with Crippen molar-refractivity contribution in [2.45, 2.75) is 20.8 Å². The first-order chi connectivity index (χ1) is 6.63. The minimum Gasteiger partial charge on any atom is -0.385 e. The maximum absolute atomic E-state index is 10.8. The van der Waals surface area contributed by atoms with Crippen molar-refractivity contribution in [3.8, 4) is 0 Å². The van der Waals surface area contributed by atoms with Crippen LogP contribution in [0, 0.1) is 6.92 Å². The van der Waals surface area contributed by atoms with Crippen LogP contribution in [0.15, 0.2) is 18.2 Å². The van der Waals surface area contributed by atoms with Crippen LogP contribution in [0.5, 0.6) is 0 Å². The molecule has 14 heavy (non-hydrogen) atoms. The molecule has 1 aromatic rings. The van der Waals surface area contributed by atoms with E-state index in [4.69, 9.17) is 0 Å². The Balaban J connectivity index is 2.83. The fourth-order valence-corrected chi connectivity index (χ4v) is 1.33. The van der Waals surface area contributed by atoms with E-state index in [0.29, 0.717) is 0 Å². The first kappa shape index (κ1) is 10.6. The molecule has 0 radical (unpaired) electrons. The third-order valence-corrected chi connectivity index (χ3v) is 1.91. The Labute approximate surface area is 84.5 Å². The van der Waals surface area contributed by atoms with Gasteiger partial charge in [0.2, 0.25) is 5.91 Å². The van der Waals surface area contributed by atoms with Crippen molar-refractivity contribution in [3.63, 3.8) is 0 Å². The summed E-state index contributed by atoms with van der Waals surface area (Å²) < 4.78 is 0. The van der Waals surface area contributed by atoms with Crippen molar-refractivity contribution >= 4 is 17.3 Å². The van der Waals surface area contributed by atoms with E-state index in [1.54, 1.807) is 0 Å². The number of rotatable bonds is 3. The summed E-state index contributed by atoms with van der Waals surface area (Å²) in [5, 5.41) is 5.99. The summed E-state index contributed by atoms with van der Waals surface area (Å²) in [4.78, 5) is 10.8. The molecular weight excluding hydrogens is 176 g/mol. The standard InChI is InChI=1S/C11H16N2O/c1-4-12-11-6-5-10(7-8(11)2)13-9(3)14/h5-7,12H,4H2,1-3H3,(H,13,14). The fraction of sp³-hybridized carbons (Fsp3) is 0.364. The molecule has 3 nitrogen and oxygen atoms in total. The summed E-state index contributed by atoms with van der Waals surface area (Å²) in [6, 6.07) is 5.83. The lowest BCUT2D eigenvalue weighted by Crippen LogP contribution is -2.06. The van der Waals surface area contributed by atoms with Crippen LogP contribution in [-0.2, 0) is 4.79 Å². The lowest BCUT2D eigenvalue weighted by molar-refractivity contribution is -0.114. The molecule has 0 heterocycles. The Hall–Kier alpha value is -1.51. The molecule has 76 valence electrons. The van der Waals surface area contributed by atoms with Crippen LogP contribution in [0.2, 0.25) is 0 Å². The van der Waals surface area contributed by atoms with Crippen LogP contribution in [-0.4, -0.2) is 12.5 Å². The van der Waals surface area contributed by atoms with Crippen molar-refractivity contribution in [2.24, 2.45) is 0 Å². The summed E-state index contributed by atoms with van der Waals surface area (Å²) in [5.74, 6) is -0.0411. The average molecular weight is 192 g/mol. The van der Waals surface area contributed by atoms with Gasteiger partial charge in [-0.1, -0.05) is 0 Å². The number of aryl methyl sites for hydroxylation is 1. The molecule has 0 atom stereocenters. The lowest BCUT2D eigenvalue weighted by Gasteiger charge is -2.09. The second kappa shape index (κ2) is 4.65. The summed E-state index contributed by atoms with van der Waals surface area (Å²) in [6.45, 7) is 6.48. The van der Waals surface area contributed by atoms with E-state index in [1.807, 2.05) is 25.1 Å². The largest absolute Gasteiger partial charge is 0.385 e. The molecule has 0 fully saturated rings. The zero-order chi connectivity index (χ0) is 10.6. The van der Waals surface area contributed by atoms with Gasteiger partial charge in [-0.25, -0.2) is 0 Å². The van der Waals surface area contributed by atoms with Gasteiger partial charge in [0.15, 0.2) is 0 Å². The number of anilines is 2. The van der Waals surface area contributed by atoms with Gasteiger partial charge in [0, 0.05) is 24.8 Å². The van der Waals surface area contributed by atoms with E-state index in [1.165, 1.54) is 6.92 Å².